The third-order valence-corrected chi connectivity index (χ3v) is 3.30. The number of hydrogen-bond acceptors (Lipinski definition) is 2. The van der Waals surface area contributed by atoms with Gasteiger partial charge in [-0.1, -0.05) is 6.42 Å². The average molecular weight is 154 g/mol. The Morgan fingerprint density at radius 3 is 2.91 bits per heavy atom. The summed E-state index contributed by atoms with van der Waals surface area (Å²) in [4.78, 5) is 0. The molecule has 2 nitrogen and oxygen atoms in total. The van der Waals surface area contributed by atoms with Crippen LogP contribution in [0.15, 0.2) is 0 Å². The average Bonchev–Trinajstić information content (AvgIpc) is 2.15. The van der Waals surface area contributed by atoms with Crippen molar-refractivity contribution in [2.45, 2.75) is 50.2 Å². The van der Waals surface area contributed by atoms with Crippen LogP contribution in [0.2, 0.25) is 0 Å². The molecule has 0 radical (unpaired) electrons. The Morgan fingerprint density at radius 2 is 2.27 bits per heavy atom. The van der Waals surface area contributed by atoms with E-state index >= 15 is 0 Å². The van der Waals surface area contributed by atoms with Crippen LogP contribution in [-0.2, 0) is 0 Å². The zero-order chi connectivity index (χ0) is 7.90. The molecule has 2 N–H and O–H groups in total. The van der Waals surface area contributed by atoms with E-state index in [1.807, 2.05) is 0 Å². The van der Waals surface area contributed by atoms with Gasteiger partial charge in [0.25, 0.3) is 0 Å². The predicted molar refractivity (Wildman–Crippen MR) is 46.6 cm³/mol. The summed E-state index contributed by atoms with van der Waals surface area (Å²) in [5.74, 6) is 0. The molecule has 2 heteroatoms. The predicted octanol–water partition coefficient (Wildman–Crippen LogP) is 0.879. The molecule has 0 aromatic rings. The van der Waals surface area contributed by atoms with E-state index in [0.717, 1.165) is 12.1 Å². The van der Waals surface area contributed by atoms with Gasteiger partial charge in [0.15, 0.2) is 0 Å². The van der Waals surface area contributed by atoms with Crippen LogP contribution in [0, 0.1) is 0 Å². The molecule has 1 unspecified atom stereocenters. The Kier molecular flexibility index (Phi) is 1.69. The van der Waals surface area contributed by atoms with Gasteiger partial charge in [-0.05, 0) is 33.2 Å². The minimum atomic E-state index is 0.496. The van der Waals surface area contributed by atoms with Crippen LogP contribution in [0.1, 0.15) is 32.6 Å². The van der Waals surface area contributed by atoms with Gasteiger partial charge in [0.2, 0.25) is 0 Å². The van der Waals surface area contributed by atoms with Gasteiger partial charge in [-0.25, -0.2) is 0 Å². The Morgan fingerprint density at radius 1 is 1.55 bits per heavy atom. The van der Waals surface area contributed by atoms with Crippen molar-refractivity contribution < 1.29 is 0 Å². The van der Waals surface area contributed by atoms with E-state index in [2.05, 4.69) is 24.6 Å². The lowest BCUT2D eigenvalue weighted by atomic mass is 9.81. The Balaban J connectivity index is 2.01. The number of hydrogen-bond donors (Lipinski definition) is 2. The van der Waals surface area contributed by atoms with E-state index in [1.54, 1.807) is 0 Å². The second-order valence-electron chi connectivity index (χ2n) is 4.30. The Labute approximate surface area is 68.7 Å². The maximum absolute atomic E-state index is 3.66. The molecular weight excluding hydrogens is 136 g/mol. The molecule has 2 heterocycles. The molecule has 3 rings (SSSR count). The van der Waals surface area contributed by atoms with Crippen molar-refractivity contribution in [2.75, 3.05) is 7.05 Å². The van der Waals surface area contributed by atoms with Gasteiger partial charge in [0, 0.05) is 17.6 Å². The standard InChI is InChI=1S/C9H18N2/c1-9-5-3-4-7(10-2)8(6-9)11-9/h7-8,10-11H,3-6H2,1-2H3/t7?,8-,9-/m0/s1. The SMILES string of the molecule is CNC1CCC[C@@]2(C)C[C@@H]1N2. The number of rotatable bonds is 1. The maximum Gasteiger partial charge on any atom is 0.0243 e. The molecule has 1 saturated carbocycles. The molecule has 0 aromatic heterocycles. The molecule has 11 heavy (non-hydrogen) atoms. The lowest BCUT2D eigenvalue weighted by Gasteiger charge is -2.47. The molecule has 1 aliphatic carbocycles. The first-order valence-corrected chi connectivity index (χ1v) is 4.68. The lowest BCUT2D eigenvalue weighted by molar-refractivity contribution is 0.140. The molecule has 3 atom stereocenters. The highest BCUT2D eigenvalue weighted by Gasteiger charge is 2.44. The van der Waals surface area contributed by atoms with Gasteiger partial charge in [-0.3, -0.25) is 0 Å². The third kappa shape index (κ3) is 1.18. The highest BCUT2D eigenvalue weighted by Crippen LogP contribution is 2.35. The number of likely N-dealkylation sites (N-methyl/N-ethyl adjacent to an activating group) is 1. The van der Waals surface area contributed by atoms with Crippen LogP contribution in [-0.4, -0.2) is 24.7 Å². The minimum absolute atomic E-state index is 0.496. The Bertz CT molecular complexity index is 150. The molecule has 3 fully saturated rings. The van der Waals surface area contributed by atoms with E-state index in [4.69, 9.17) is 0 Å². The molecule has 3 aliphatic rings. The highest BCUT2D eigenvalue weighted by molar-refractivity contribution is 5.06. The molecule has 2 bridgehead atoms. The van der Waals surface area contributed by atoms with Crippen molar-refractivity contribution in [2.24, 2.45) is 0 Å². The number of fused-ring (bicyclic) bond motifs is 3. The van der Waals surface area contributed by atoms with Gasteiger partial charge in [0.1, 0.15) is 0 Å². The Hall–Kier alpha value is -0.0800. The van der Waals surface area contributed by atoms with Crippen molar-refractivity contribution in [1.82, 2.24) is 10.6 Å². The van der Waals surface area contributed by atoms with Crippen molar-refractivity contribution in [3.8, 4) is 0 Å². The molecule has 0 spiro atoms. The fourth-order valence-electron chi connectivity index (χ4n) is 2.59. The minimum Gasteiger partial charge on any atom is -0.315 e. The van der Waals surface area contributed by atoms with Crippen LogP contribution in [0.5, 0.6) is 0 Å². The van der Waals surface area contributed by atoms with E-state index in [-0.39, 0.29) is 0 Å². The van der Waals surface area contributed by atoms with Crippen LogP contribution in [0.4, 0.5) is 0 Å². The van der Waals surface area contributed by atoms with Gasteiger partial charge in [-0.15, -0.1) is 0 Å². The summed E-state index contributed by atoms with van der Waals surface area (Å²) < 4.78 is 0. The second kappa shape index (κ2) is 2.46. The van der Waals surface area contributed by atoms with Crippen LogP contribution >= 0.6 is 0 Å². The fraction of sp³-hybridized carbons (Fsp3) is 1.00. The van der Waals surface area contributed by atoms with Crippen LogP contribution in [0.3, 0.4) is 0 Å². The fourth-order valence-corrected chi connectivity index (χ4v) is 2.59. The zero-order valence-corrected chi connectivity index (χ0v) is 7.48. The topological polar surface area (TPSA) is 24.1 Å². The lowest BCUT2D eigenvalue weighted by Crippen LogP contribution is -2.65. The first-order valence-electron chi connectivity index (χ1n) is 4.68. The summed E-state index contributed by atoms with van der Waals surface area (Å²) >= 11 is 0. The molecule has 0 amide bonds. The normalized spacial score (nSPS) is 49.6. The van der Waals surface area contributed by atoms with Crippen molar-refractivity contribution >= 4 is 0 Å². The van der Waals surface area contributed by atoms with Crippen molar-refractivity contribution in [3.05, 3.63) is 0 Å². The second-order valence-corrected chi connectivity index (χ2v) is 4.30. The van der Waals surface area contributed by atoms with E-state index in [1.165, 1.54) is 25.7 Å². The summed E-state index contributed by atoms with van der Waals surface area (Å²) in [5.41, 5.74) is 0.496. The molecule has 2 aliphatic heterocycles. The molecule has 0 aromatic carbocycles. The number of nitrogens with one attached hydrogen (secondary N) is 2. The summed E-state index contributed by atoms with van der Waals surface area (Å²) in [6.07, 6.45) is 5.47. The summed E-state index contributed by atoms with van der Waals surface area (Å²) in [7, 11) is 2.08. The monoisotopic (exact) mass is 154 g/mol. The van der Waals surface area contributed by atoms with Gasteiger partial charge in [-0.2, -0.15) is 0 Å². The smallest absolute Gasteiger partial charge is 0.0243 e. The van der Waals surface area contributed by atoms with Crippen LogP contribution < -0.4 is 10.6 Å². The van der Waals surface area contributed by atoms with Crippen molar-refractivity contribution in [3.63, 3.8) is 0 Å². The quantitative estimate of drug-likeness (QED) is 0.586. The van der Waals surface area contributed by atoms with Crippen LogP contribution in [0.25, 0.3) is 0 Å². The summed E-state index contributed by atoms with van der Waals surface area (Å²) in [6, 6.07) is 1.48. The summed E-state index contributed by atoms with van der Waals surface area (Å²) in [5, 5.41) is 7.04. The molecule has 2 saturated heterocycles. The zero-order valence-electron chi connectivity index (χ0n) is 7.48. The van der Waals surface area contributed by atoms with E-state index in [9.17, 15) is 0 Å². The summed E-state index contributed by atoms with van der Waals surface area (Å²) in [6.45, 7) is 2.35. The first-order chi connectivity index (χ1) is 5.23. The van der Waals surface area contributed by atoms with Gasteiger partial charge < -0.3 is 10.6 Å². The maximum atomic E-state index is 3.66. The van der Waals surface area contributed by atoms with Gasteiger partial charge >= 0.3 is 0 Å². The first kappa shape index (κ1) is 7.56. The van der Waals surface area contributed by atoms with Gasteiger partial charge in [0.05, 0.1) is 0 Å². The third-order valence-electron chi connectivity index (χ3n) is 3.30. The van der Waals surface area contributed by atoms with E-state index in [0.29, 0.717) is 5.54 Å². The largest absolute Gasteiger partial charge is 0.315 e. The molecular formula is C9H18N2. The van der Waals surface area contributed by atoms with E-state index < -0.39 is 0 Å². The molecule has 64 valence electrons. The highest BCUT2D eigenvalue weighted by atomic mass is 15.1. The van der Waals surface area contributed by atoms with Crippen molar-refractivity contribution in [1.29, 1.82) is 0 Å².